The molecule has 1 atom stereocenters. The topological polar surface area (TPSA) is 84.2 Å². The van der Waals surface area contributed by atoms with Crippen LogP contribution in [0.3, 0.4) is 0 Å². The number of fused-ring (bicyclic) bond motifs is 1. The van der Waals surface area contributed by atoms with Crippen molar-refractivity contribution in [2.75, 3.05) is 20.3 Å². The van der Waals surface area contributed by atoms with E-state index in [0.29, 0.717) is 5.39 Å². The molecule has 3 aromatic rings. The summed E-state index contributed by atoms with van der Waals surface area (Å²) in [6, 6.07) is 8.87. The number of carbonyl (C=O) groups is 1. The third-order valence-corrected chi connectivity index (χ3v) is 5.35. The van der Waals surface area contributed by atoms with Gasteiger partial charge in [0.25, 0.3) is 0 Å². The van der Waals surface area contributed by atoms with Crippen molar-refractivity contribution in [3.8, 4) is 28.4 Å². The summed E-state index contributed by atoms with van der Waals surface area (Å²) in [6.07, 6.45) is -10.8. The van der Waals surface area contributed by atoms with Crippen molar-refractivity contribution >= 4 is 16.9 Å². The molecule has 0 saturated heterocycles. The molecule has 212 valence electrons. The second-order valence-electron chi connectivity index (χ2n) is 8.84. The van der Waals surface area contributed by atoms with Crippen LogP contribution >= 0.6 is 0 Å². The maximum Gasteiger partial charge on any atom is 0.573 e. The highest BCUT2D eigenvalue weighted by Gasteiger charge is 2.34. The van der Waals surface area contributed by atoms with Crippen LogP contribution in [0.2, 0.25) is 0 Å². The Hall–Kier alpha value is -3.90. The van der Waals surface area contributed by atoms with E-state index in [4.69, 9.17) is 18.6 Å². The zero-order valence-electron chi connectivity index (χ0n) is 20.9. The van der Waals surface area contributed by atoms with Crippen molar-refractivity contribution < 1.29 is 54.5 Å². The molecule has 1 heterocycles. The fourth-order valence-corrected chi connectivity index (χ4v) is 3.50. The van der Waals surface area contributed by atoms with Crippen LogP contribution in [0, 0.1) is 11.8 Å². The molecule has 0 aliphatic carbocycles. The number of rotatable bonds is 10. The predicted octanol–water partition coefficient (Wildman–Crippen LogP) is 6.51. The fourth-order valence-electron chi connectivity index (χ4n) is 3.50. The number of methoxy groups -OCH3 is 1. The van der Waals surface area contributed by atoms with E-state index in [0.717, 1.165) is 6.07 Å². The highest BCUT2D eigenvalue weighted by molar-refractivity contribution is 5.84. The monoisotopic (exact) mass is 562 g/mol. The first-order valence-electron chi connectivity index (χ1n) is 11.5. The van der Waals surface area contributed by atoms with Gasteiger partial charge in [-0.15, -0.1) is 13.2 Å². The van der Waals surface area contributed by atoms with E-state index in [2.05, 4.69) is 4.74 Å². The fraction of sp³-hybridized carbons (Fsp3) is 0.385. The molecular weight excluding hydrogens is 538 g/mol. The van der Waals surface area contributed by atoms with Crippen LogP contribution in [0.4, 0.5) is 26.3 Å². The van der Waals surface area contributed by atoms with E-state index in [-0.39, 0.29) is 28.2 Å². The number of benzene rings is 2. The average molecular weight is 562 g/mol. The van der Waals surface area contributed by atoms with Gasteiger partial charge in [-0.25, -0.2) is 4.79 Å². The van der Waals surface area contributed by atoms with E-state index in [9.17, 15) is 35.9 Å². The van der Waals surface area contributed by atoms with Crippen LogP contribution in [0.5, 0.6) is 17.2 Å². The van der Waals surface area contributed by atoms with E-state index in [1.807, 2.05) is 0 Å². The summed E-state index contributed by atoms with van der Waals surface area (Å²) in [7, 11) is 1.25. The van der Waals surface area contributed by atoms with E-state index in [1.165, 1.54) is 43.5 Å². The molecule has 0 radical (unpaired) electrons. The maximum atomic E-state index is 13.0. The summed E-state index contributed by atoms with van der Waals surface area (Å²) in [6.45, 7) is 2.13. The molecule has 1 unspecified atom stereocenters. The lowest BCUT2D eigenvalue weighted by atomic mass is 10.0. The van der Waals surface area contributed by atoms with Gasteiger partial charge in [-0.3, -0.25) is 4.79 Å². The lowest BCUT2D eigenvalue weighted by molar-refractivity contribution is -0.274. The number of carbonyl (C=O) groups excluding carboxylic acids is 1. The number of esters is 1. The number of halogens is 6. The van der Waals surface area contributed by atoms with E-state index >= 15 is 0 Å². The summed E-state index contributed by atoms with van der Waals surface area (Å²) in [4.78, 5) is 24.4. The molecule has 0 bridgehead atoms. The van der Waals surface area contributed by atoms with Crippen LogP contribution in [0.15, 0.2) is 51.7 Å². The minimum Gasteiger partial charge on any atom is -0.497 e. The zero-order chi connectivity index (χ0) is 29.0. The Labute approximate surface area is 218 Å². The number of hydrogen-bond donors (Lipinski definition) is 0. The van der Waals surface area contributed by atoms with Gasteiger partial charge in [0.05, 0.1) is 38.2 Å². The minimum atomic E-state index is -5.04. The van der Waals surface area contributed by atoms with Crippen LogP contribution in [0.1, 0.15) is 20.3 Å². The average Bonchev–Trinajstić information content (AvgIpc) is 2.83. The Bertz CT molecular complexity index is 1360. The molecule has 0 N–H and O–H groups in total. The standard InChI is InChI=1S/C26H24F6O7/c1-14(2)23(33)37-13-15(11-25(27,28)29)12-36-18-5-4-16-8-20(24(34)38-21(16)10-18)19-7-6-17(35-3)9-22(19)39-26(30,31)32/h4-10,14-15H,11-13H2,1-3H3. The van der Waals surface area contributed by atoms with E-state index < -0.39 is 61.4 Å². The Morgan fingerprint density at radius 3 is 2.23 bits per heavy atom. The lowest BCUT2D eigenvalue weighted by Gasteiger charge is -2.20. The quantitative estimate of drug-likeness (QED) is 0.158. The summed E-state index contributed by atoms with van der Waals surface area (Å²) in [5.74, 6) is -2.91. The summed E-state index contributed by atoms with van der Waals surface area (Å²) < 4.78 is 102. The van der Waals surface area contributed by atoms with Crippen molar-refractivity contribution in [3.05, 3.63) is 52.9 Å². The normalized spacial score (nSPS) is 12.9. The molecule has 0 fully saturated rings. The van der Waals surface area contributed by atoms with E-state index in [1.54, 1.807) is 13.8 Å². The largest absolute Gasteiger partial charge is 0.573 e. The van der Waals surface area contributed by atoms with Crippen molar-refractivity contribution in [2.24, 2.45) is 11.8 Å². The van der Waals surface area contributed by atoms with Crippen molar-refractivity contribution in [1.29, 1.82) is 0 Å². The Morgan fingerprint density at radius 2 is 1.62 bits per heavy atom. The molecule has 0 aliphatic rings. The highest BCUT2D eigenvalue weighted by atomic mass is 19.4. The van der Waals surface area contributed by atoms with Gasteiger partial charge in [-0.05, 0) is 30.3 Å². The van der Waals surface area contributed by atoms with Crippen molar-refractivity contribution in [2.45, 2.75) is 32.8 Å². The first kappa shape index (κ1) is 29.7. The van der Waals surface area contributed by atoms with Gasteiger partial charge in [0, 0.05) is 29.0 Å². The van der Waals surface area contributed by atoms with Gasteiger partial charge in [0.15, 0.2) is 0 Å². The number of hydrogen-bond acceptors (Lipinski definition) is 7. The molecule has 13 heteroatoms. The Kier molecular flexibility index (Phi) is 9.03. The second-order valence-corrected chi connectivity index (χ2v) is 8.84. The first-order chi connectivity index (χ1) is 18.1. The van der Waals surface area contributed by atoms with Crippen LogP contribution in [-0.4, -0.2) is 38.8 Å². The molecular formula is C26H24F6O7. The summed E-state index contributed by atoms with van der Waals surface area (Å²) >= 11 is 0. The molecule has 2 aromatic carbocycles. The minimum absolute atomic E-state index is 0.0216. The van der Waals surface area contributed by atoms with Gasteiger partial charge in [-0.1, -0.05) is 13.8 Å². The molecule has 0 amide bonds. The van der Waals surface area contributed by atoms with Crippen molar-refractivity contribution in [3.63, 3.8) is 0 Å². The first-order valence-corrected chi connectivity index (χ1v) is 11.5. The third-order valence-electron chi connectivity index (χ3n) is 5.35. The summed E-state index contributed by atoms with van der Waals surface area (Å²) in [5.41, 5.74) is -1.44. The molecule has 0 spiro atoms. The third kappa shape index (κ3) is 8.55. The Morgan fingerprint density at radius 1 is 0.923 bits per heavy atom. The SMILES string of the molecule is COc1ccc(-c2cc3ccc(OCC(COC(=O)C(C)C)CC(F)(F)F)cc3oc2=O)c(OC(F)(F)F)c1. The van der Waals surface area contributed by atoms with Crippen LogP contribution in [-0.2, 0) is 9.53 Å². The summed E-state index contributed by atoms with van der Waals surface area (Å²) in [5, 5.41) is 0.295. The van der Waals surface area contributed by atoms with Gasteiger partial charge < -0.3 is 23.4 Å². The maximum absolute atomic E-state index is 13.0. The molecule has 1 aromatic heterocycles. The second kappa shape index (κ2) is 11.9. The van der Waals surface area contributed by atoms with Crippen molar-refractivity contribution in [1.82, 2.24) is 0 Å². The molecule has 0 aliphatic heterocycles. The Balaban J connectivity index is 1.86. The smallest absolute Gasteiger partial charge is 0.497 e. The number of alkyl halides is 6. The highest BCUT2D eigenvalue weighted by Crippen LogP contribution is 2.36. The molecule has 39 heavy (non-hydrogen) atoms. The molecule has 0 saturated carbocycles. The van der Waals surface area contributed by atoms with Crippen LogP contribution < -0.4 is 19.8 Å². The molecule has 3 rings (SSSR count). The lowest BCUT2D eigenvalue weighted by Crippen LogP contribution is -2.27. The molecule has 7 nitrogen and oxygen atoms in total. The zero-order valence-corrected chi connectivity index (χ0v) is 20.9. The van der Waals surface area contributed by atoms with Gasteiger partial charge in [0.1, 0.15) is 22.8 Å². The van der Waals surface area contributed by atoms with Gasteiger partial charge >= 0.3 is 24.1 Å². The van der Waals surface area contributed by atoms with Gasteiger partial charge in [-0.2, -0.15) is 13.2 Å². The van der Waals surface area contributed by atoms with Crippen LogP contribution in [0.25, 0.3) is 22.1 Å². The predicted molar refractivity (Wildman–Crippen MR) is 127 cm³/mol. The van der Waals surface area contributed by atoms with Gasteiger partial charge in [0.2, 0.25) is 0 Å². The number of ether oxygens (including phenoxy) is 4.